The number of hydrogen-bond acceptors (Lipinski definition) is 3. The number of carboxylic acids is 1. The van der Waals surface area contributed by atoms with Gasteiger partial charge in [0.1, 0.15) is 5.41 Å². The summed E-state index contributed by atoms with van der Waals surface area (Å²) in [5.74, 6) is -0.766. The molecule has 0 spiro atoms. The molecule has 0 saturated carbocycles. The molecule has 0 aliphatic carbocycles. The summed E-state index contributed by atoms with van der Waals surface area (Å²) in [5, 5.41) is 12.4. The van der Waals surface area contributed by atoms with E-state index in [2.05, 4.69) is 5.32 Å². The molecule has 1 aromatic carbocycles. The van der Waals surface area contributed by atoms with Crippen molar-refractivity contribution in [2.24, 2.45) is 0 Å². The van der Waals surface area contributed by atoms with Gasteiger partial charge in [-0.15, -0.1) is 0 Å². The van der Waals surface area contributed by atoms with E-state index in [1.807, 2.05) is 0 Å². The second kappa shape index (κ2) is 3.55. The first-order valence-electron chi connectivity index (χ1n) is 4.95. The van der Waals surface area contributed by atoms with Crippen molar-refractivity contribution in [2.75, 3.05) is 18.8 Å². The molecular formula is C11H14N2O2. The van der Waals surface area contributed by atoms with Crippen molar-refractivity contribution in [3.8, 4) is 0 Å². The average Bonchev–Trinajstić information content (AvgIpc) is 2.69. The zero-order valence-electron chi connectivity index (χ0n) is 8.36. The Morgan fingerprint density at radius 1 is 1.40 bits per heavy atom. The Hall–Kier alpha value is -1.55. The first kappa shape index (κ1) is 9.98. The summed E-state index contributed by atoms with van der Waals surface area (Å²) >= 11 is 0. The third kappa shape index (κ3) is 1.57. The maximum Gasteiger partial charge on any atom is 0.315 e. The van der Waals surface area contributed by atoms with E-state index in [4.69, 9.17) is 5.73 Å². The van der Waals surface area contributed by atoms with Gasteiger partial charge in [-0.2, -0.15) is 0 Å². The molecule has 0 amide bonds. The lowest BCUT2D eigenvalue weighted by Gasteiger charge is -2.23. The number of benzene rings is 1. The van der Waals surface area contributed by atoms with E-state index in [1.165, 1.54) is 0 Å². The lowest BCUT2D eigenvalue weighted by molar-refractivity contribution is -0.143. The summed E-state index contributed by atoms with van der Waals surface area (Å²) in [5.41, 5.74) is 6.30. The van der Waals surface area contributed by atoms with Gasteiger partial charge in [0.15, 0.2) is 0 Å². The molecular weight excluding hydrogens is 192 g/mol. The van der Waals surface area contributed by atoms with Crippen molar-refractivity contribution in [1.82, 2.24) is 5.32 Å². The first-order chi connectivity index (χ1) is 7.15. The molecule has 1 heterocycles. The number of nitrogen functional groups attached to an aromatic ring is 1. The van der Waals surface area contributed by atoms with Crippen LogP contribution in [0.25, 0.3) is 0 Å². The fourth-order valence-electron chi connectivity index (χ4n) is 2.05. The van der Waals surface area contributed by atoms with E-state index in [0.717, 1.165) is 12.1 Å². The summed E-state index contributed by atoms with van der Waals surface area (Å²) in [6.45, 7) is 1.24. The highest BCUT2D eigenvalue weighted by Gasteiger charge is 2.42. The average molecular weight is 206 g/mol. The highest BCUT2D eigenvalue weighted by molar-refractivity contribution is 5.82. The molecule has 1 unspecified atom stereocenters. The number of carbonyl (C=O) groups is 1. The van der Waals surface area contributed by atoms with Crippen LogP contribution in [0.1, 0.15) is 12.0 Å². The largest absolute Gasteiger partial charge is 0.481 e. The van der Waals surface area contributed by atoms with E-state index < -0.39 is 11.4 Å². The molecule has 80 valence electrons. The maximum absolute atomic E-state index is 11.3. The minimum atomic E-state index is -0.770. The molecule has 1 aromatic rings. The van der Waals surface area contributed by atoms with Gasteiger partial charge < -0.3 is 16.2 Å². The molecule has 1 atom stereocenters. The number of carboxylic acid groups (broad SMARTS) is 1. The molecule has 0 aromatic heterocycles. The zero-order chi connectivity index (χ0) is 10.9. The van der Waals surface area contributed by atoms with E-state index >= 15 is 0 Å². The van der Waals surface area contributed by atoms with Crippen molar-refractivity contribution in [3.63, 3.8) is 0 Å². The molecule has 1 fully saturated rings. The molecule has 4 N–H and O–H groups in total. The fraction of sp³-hybridized carbons (Fsp3) is 0.364. The molecule has 1 aliphatic heterocycles. The van der Waals surface area contributed by atoms with E-state index in [0.29, 0.717) is 18.7 Å². The van der Waals surface area contributed by atoms with Crippen LogP contribution >= 0.6 is 0 Å². The summed E-state index contributed by atoms with van der Waals surface area (Å²) < 4.78 is 0. The lowest BCUT2D eigenvalue weighted by atomic mass is 9.80. The van der Waals surface area contributed by atoms with Crippen LogP contribution in [0.4, 0.5) is 5.69 Å². The molecule has 0 radical (unpaired) electrons. The van der Waals surface area contributed by atoms with E-state index in [-0.39, 0.29) is 0 Å². The number of nitrogens with one attached hydrogen (secondary N) is 1. The second-order valence-corrected chi connectivity index (χ2v) is 3.94. The number of aliphatic carboxylic acids is 1. The smallest absolute Gasteiger partial charge is 0.315 e. The molecule has 1 aliphatic rings. The van der Waals surface area contributed by atoms with Crippen LogP contribution in [-0.4, -0.2) is 24.2 Å². The second-order valence-electron chi connectivity index (χ2n) is 3.94. The Labute approximate surface area is 88.1 Å². The number of anilines is 1. The van der Waals surface area contributed by atoms with E-state index in [1.54, 1.807) is 24.3 Å². The van der Waals surface area contributed by atoms with Gasteiger partial charge in [-0.3, -0.25) is 4.79 Å². The number of rotatable bonds is 2. The van der Waals surface area contributed by atoms with E-state index in [9.17, 15) is 9.90 Å². The predicted octanol–water partition coefficient (Wildman–Crippen LogP) is 0.584. The Kier molecular flexibility index (Phi) is 2.36. The van der Waals surface area contributed by atoms with Crippen LogP contribution in [0.15, 0.2) is 24.3 Å². The minimum Gasteiger partial charge on any atom is -0.481 e. The molecule has 4 nitrogen and oxygen atoms in total. The van der Waals surface area contributed by atoms with Gasteiger partial charge in [0, 0.05) is 12.2 Å². The first-order valence-corrected chi connectivity index (χ1v) is 4.95. The quantitative estimate of drug-likeness (QED) is 0.619. The van der Waals surface area contributed by atoms with Crippen LogP contribution in [-0.2, 0) is 10.2 Å². The SMILES string of the molecule is Nc1ccc(C2(C(=O)O)CCNC2)cc1. The van der Waals surface area contributed by atoms with Crippen molar-refractivity contribution in [2.45, 2.75) is 11.8 Å². The predicted molar refractivity (Wildman–Crippen MR) is 57.7 cm³/mol. The van der Waals surface area contributed by atoms with Gasteiger partial charge in [-0.25, -0.2) is 0 Å². The fourth-order valence-corrected chi connectivity index (χ4v) is 2.05. The molecule has 4 heteroatoms. The van der Waals surface area contributed by atoms with Crippen molar-refractivity contribution in [3.05, 3.63) is 29.8 Å². The van der Waals surface area contributed by atoms with Gasteiger partial charge in [0.25, 0.3) is 0 Å². The highest BCUT2D eigenvalue weighted by atomic mass is 16.4. The summed E-state index contributed by atoms with van der Waals surface area (Å²) in [4.78, 5) is 11.3. The summed E-state index contributed by atoms with van der Waals surface area (Å²) in [7, 11) is 0. The van der Waals surface area contributed by atoms with Gasteiger partial charge in [0.2, 0.25) is 0 Å². The van der Waals surface area contributed by atoms with Crippen molar-refractivity contribution >= 4 is 11.7 Å². The molecule has 15 heavy (non-hydrogen) atoms. The minimum absolute atomic E-state index is 0.492. The zero-order valence-corrected chi connectivity index (χ0v) is 8.36. The molecule has 2 rings (SSSR count). The number of nitrogens with two attached hydrogens (primary N) is 1. The van der Waals surface area contributed by atoms with Crippen LogP contribution in [0.2, 0.25) is 0 Å². The van der Waals surface area contributed by atoms with Crippen LogP contribution in [0.5, 0.6) is 0 Å². The van der Waals surface area contributed by atoms with Crippen LogP contribution in [0.3, 0.4) is 0 Å². The Bertz CT molecular complexity index is 367. The Morgan fingerprint density at radius 3 is 2.53 bits per heavy atom. The highest BCUT2D eigenvalue weighted by Crippen LogP contribution is 2.31. The van der Waals surface area contributed by atoms with Gasteiger partial charge in [-0.1, -0.05) is 12.1 Å². The third-order valence-electron chi connectivity index (χ3n) is 3.03. The standard InChI is InChI=1S/C11H14N2O2/c12-9-3-1-8(2-4-9)11(10(14)15)5-6-13-7-11/h1-4,13H,5-7,12H2,(H,14,15). The third-order valence-corrected chi connectivity index (χ3v) is 3.03. The van der Waals surface area contributed by atoms with Crippen molar-refractivity contribution < 1.29 is 9.90 Å². The molecule has 0 bridgehead atoms. The monoisotopic (exact) mass is 206 g/mol. The lowest BCUT2D eigenvalue weighted by Crippen LogP contribution is -2.37. The Morgan fingerprint density at radius 2 is 2.07 bits per heavy atom. The Balaban J connectivity index is 2.41. The number of hydrogen-bond donors (Lipinski definition) is 3. The normalized spacial score (nSPS) is 25.3. The topological polar surface area (TPSA) is 75.4 Å². The van der Waals surface area contributed by atoms with Crippen LogP contribution in [0, 0.1) is 0 Å². The van der Waals surface area contributed by atoms with Gasteiger partial charge in [-0.05, 0) is 30.7 Å². The molecule has 1 saturated heterocycles. The van der Waals surface area contributed by atoms with Crippen molar-refractivity contribution in [1.29, 1.82) is 0 Å². The summed E-state index contributed by atoms with van der Waals surface area (Å²) in [6, 6.07) is 7.10. The summed E-state index contributed by atoms with van der Waals surface area (Å²) in [6.07, 6.45) is 0.631. The van der Waals surface area contributed by atoms with Gasteiger partial charge in [0.05, 0.1) is 0 Å². The maximum atomic E-state index is 11.3. The van der Waals surface area contributed by atoms with Gasteiger partial charge >= 0.3 is 5.97 Å². The van der Waals surface area contributed by atoms with Crippen LogP contribution < -0.4 is 11.1 Å².